The van der Waals surface area contributed by atoms with Crippen LogP contribution in [0.3, 0.4) is 0 Å². The zero-order valence-electron chi connectivity index (χ0n) is 4.87. The van der Waals surface area contributed by atoms with Crippen molar-refractivity contribution in [2.75, 3.05) is 6.61 Å². The summed E-state index contributed by atoms with van der Waals surface area (Å²) in [4.78, 5) is 0. The first kappa shape index (κ1) is 5.79. The number of rotatable bonds is 2. The summed E-state index contributed by atoms with van der Waals surface area (Å²) in [6, 6.07) is 0. The molecule has 2 atom stereocenters. The third kappa shape index (κ3) is 1.32. The standard InChI is InChI=1S/C6H10O2/c1-2-3-5(7)6-4-8-6/h2-3,5-7H,4H2,1H3/b3-2+/t5-,6+/m1/s1. The SMILES string of the molecule is C/C=C/[C@@H](O)[C@@H]1CO1. The number of allylic oxidation sites excluding steroid dienone is 1. The first-order valence-electron chi connectivity index (χ1n) is 2.77. The summed E-state index contributed by atoms with van der Waals surface area (Å²) in [7, 11) is 0. The van der Waals surface area contributed by atoms with Gasteiger partial charge in [-0.25, -0.2) is 0 Å². The van der Waals surface area contributed by atoms with Crippen LogP contribution in [0.1, 0.15) is 6.92 Å². The molecule has 0 amide bonds. The summed E-state index contributed by atoms with van der Waals surface area (Å²) in [6.45, 7) is 2.59. The smallest absolute Gasteiger partial charge is 0.110 e. The van der Waals surface area contributed by atoms with Gasteiger partial charge in [0, 0.05) is 0 Å². The normalized spacial score (nSPS) is 31.0. The maximum absolute atomic E-state index is 8.98. The second-order valence-electron chi connectivity index (χ2n) is 1.89. The van der Waals surface area contributed by atoms with Crippen molar-refractivity contribution in [3.63, 3.8) is 0 Å². The molecule has 1 aliphatic rings. The molecule has 1 aliphatic heterocycles. The Kier molecular flexibility index (Phi) is 1.65. The minimum atomic E-state index is -0.375. The van der Waals surface area contributed by atoms with Crippen LogP contribution >= 0.6 is 0 Å². The van der Waals surface area contributed by atoms with Crippen LogP contribution in [-0.2, 0) is 4.74 Å². The average Bonchev–Trinajstić information content (AvgIpc) is 2.45. The van der Waals surface area contributed by atoms with Crippen molar-refractivity contribution in [1.82, 2.24) is 0 Å². The molecule has 2 heteroatoms. The van der Waals surface area contributed by atoms with E-state index in [0.29, 0.717) is 6.61 Å². The molecule has 0 aromatic carbocycles. The highest BCUT2D eigenvalue weighted by atomic mass is 16.6. The van der Waals surface area contributed by atoms with Crippen LogP contribution in [0.4, 0.5) is 0 Å². The highest BCUT2D eigenvalue weighted by Crippen LogP contribution is 2.14. The number of hydrogen-bond acceptors (Lipinski definition) is 2. The van der Waals surface area contributed by atoms with Crippen molar-refractivity contribution >= 4 is 0 Å². The Bertz CT molecular complexity index is 94.7. The highest BCUT2D eigenvalue weighted by Gasteiger charge is 2.28. The van der Waals surface area contributed by atoms with Crippen molar-refractivity contribution < 1.29 is 9.84 Å². The molecule has 1 heterocycles. The van der Waals surface area contributed by atoms with Gasteiger partial charge in [0.15, 0.2) is 0 Å². The van der Waals surface area contributed by atoms with E-state index in [1.807, 2.05) is 13.0 Å². The average molecular weight is 114 g/mol. The Morgan fingerprint density at radius 2 is 2.50 bits per heavy atom. The molecule has 0 unspecified atom stereocenters. The molecule has 0 aromatic rings. The van der Waals surface area contributed by atoms with Crippen LogP contribution in [0.25, 0.3) is 0 Å². The van der Waals surface area contributed by atoms with Crippen LogP contribution < -0.4 is 0 Å². The monoisotopic (exact) mass is 114 g/mol. The lowest BCUT2D eigenvalue weighted by molar-refractivity contribution is 0.178. The molecule has 1 rings (SSSR count). The van der Waals surface area contributed by atoms with Gasteiger partial charge in [-0.2, -0.15) is 0 Å². The van der Waals surface area contributed by atoms with Gasteiger partial charge in [-0.3, -0.25) is 0 Å². The molecular weight excluding hydrogens is 104 g/mol. The Morgan fingerprint density at radius 1 is 1.88 bits per heavy atom. The van der Waals surface area contributed by atoms with Gasteiger partial charge >= 0.3 is 0 Å². The summed E-state index contributed by atoms with van der Waals surface area (Å²) in [5.74, 6) is 0. The van der Waals surface area contributed by atoms with Crippen molar-refractivity contribution in [3.05, 3.63) is 12.2 Å². The molecule has 0 saturated carbocycles. The summed E-state index contributed by atoms with van der Waals surface area (Å²) < 4.78 is 4.82. The van der Waals surface area contributed by atoms with E-state index < -0.39 is 0 Å². The van der Waals surface area contributed by atoms with Gasteiger partial charge in [0.2, 0.25) is 0 Å². The molecule has 1 N–H and O–H groups in total. The van der Waals surface area contributed by atoms with Crippen molar-refractivity contribution in [3.8, 4) is 0 Å². The predicted molar refractivity (Wildman–Crippen MR) is 30.6 cm³/mol. The third-order valence-corrected chi connectivity index (χ3v) is 1.13. The van der Waals surface area contributed by atoms with Crippen LogP contribution in [-0.4, -0.2) is 23.9 Å². The summed E-state index contributed by atoms with van der Waals surface area (Å²) in [5.41, 5.74) is 0. The Balaban J connectivity index is 2.22. The molecule has 0 radical (unpaired) electrons. The van der Waals surface area contributed by atoms with E-state index in [9.17, 15) is 0 Å². The minimum absolute atomic E-state index is 0.0891. The highest BCUT2D eigenvalue weighted by molar-refractivity contribution is 4.94. The third-order valence-electron chi connectivity index (χ3n) is 1.13. The zero-order chi connectivity index (χ0) is 5.98. The number of aliphatic hydroxyl groups excluding tert-OH is 1. The van der Waals surface area contributed by atoms with E-state index in [4.69, 9.17) is 9.84 Å². The molecular formula is C6H10O2. The first-order valence-corrected chi connectivity index (χ1v) is 2.77. The van der Waals surface area contributed by atoms with Crippen LogP contribution in [0.15, 0.2) is 12.2 Å². The quantitative estimate of drug-likeness (QED) is 0.414. The van der Waals surface area contributed by atoms with Gasteiger partial charge in [0.1, 0.15) is 12.2 Å². The summed E-state index contributed by atoms with van der Waals surface area (Å²) in [6.07, 6.45) is 3.27. The zero-order valence-corrected chi connectivity index (χ0v) is 4.87. The largest absolute Gasteiger partial charge is 0.386 e. The van der Waals surface area contributed by atoms with Crippen LogP contribution in [0.2, 0.25) is 0 Å². The molecule has 2 nitrogen and oxygen atoms in total. The van der Waals surface area contributed by atoms with Gasteiger partial charge in [-0.05, 0) is 6.92 Å². The molecule has 46 valence electrons. The van der Waals surface area contributed by atoms with Crippen LogP contribution in [0.5, 0.6) is 0 Å². The number of ether oxygens (including phenoxy) is 1. The van der Waals surface area contributed by atoms with Crippen molar-refractivity contribution in [2.24, 2.45) is 0 Å². The number of epoxide rings is 1. The summed E-state index contributed by atoms with van der Waals surface area (Å²) >= 11 is 0. The molecule has 1 saturated heterocycles. The van der Waals surface area contributed by atoms with Gasteiger partial charge in [-0.15, -0.1) is 0 Å². The first-order chi connectivity index (χ1) is 3.84. The maximum Gasteiger partial charge on any atom is 0.110 e. The lowest BCUT2D eigenvalue weighted by atomic mass is 10.2. The number of hydrogen-bond donors (Lipinski definition) is 1. The Morgan fingerprint density at radius 3 is 2.88 bits per heavy atom. The second kappa shape index (κ2) is 2.29. The molecule has 0 aliphatic carbocycles. The maximum atomic E-state index is 8.98. The van der Waals surface area contributed by atoms with Crippen LogP contribution in [0, 0.1) is 0 Å². The van der Waals surface area contributed by atoms with Crippen molar-refractivity contribution in [2.45, 2.75) is 19.1 Å². The molecule has 1 fully saturated rings. The van der Waals surface area contributed by atoms with E-state index >= 15 is 0 Å². The second-order valence-corrected chi connectivity index (χ2v) is 1.89. The Hall–Kier alpha value is -0.340. The van der Waals surface area contributed by atoms with E-state index in [2.05, 4.69) is 0 Å². The molecule has 0 bridgehead atoms. The summed E-state index contributed by atoms with van der Waals surface area (Å²) in [5, 5.41) is 8.98. The topological polar surface area (TPSA) is 32.8 Å². The fourth-order valence-electron chi connectivity index (χ4n) is 0.574. The fourth-order valence-corrected chi connectivity index (χ4v) is 0.574. The van der Waals surface area contributed by atoms with Crippen molar-refractivity contribution in [1.29, 1.82) is 0 Å². The van der Waals surface area contributed by atoms with E-state index in [0.717, 1.165) is 0 Å². The van der Waals surface area contributed by atoms with E-state index in [1.165, 1.54) is 0 Å². The van der Waals surface area contributed by atoms with Gasteiger partial charge in [0.25, 0.3) is 0 Å². The fraction of sp³-hybridized carbons (Fsp3) is 0.667. The lowest BCUT2D eigenvalue weighted by Gasteiger charge is -1.95. The van der Waals surface area contributed by atoms with Gasteiger partial charge in [-0.1, -0.05) is 12.2 Å². The van der Waals surface area contributed by atoms with E-state index in [-0.39, 0.29) is 12.2 Å². The lowest BCUT2D eigenvalue weighted by Crippen LogP contribution is -2.09. The van der Waals surface area contributed by atoms with Gasteiger partial charge in [0.05, 0.1) is 6.61 Å². The van der Waals surface area contributed by atoms with Gasteiger partial charge < -0.3 is 9.84 Å². The van der Waals surface area contributed by atoms with E-state index in [1.54, 1.807) is 6.08 Å². The predicted octanol–water partition coefficient (Wildman–Crippen LogP) is 0.322. The Labute approximate surface area is 48.8 Å². The minimum Gasteiger partial charge on any atom is -0.386 e. The molecule has 0 aromatic heterocycles. The molecule has 8 heavy (non-hydrogen) atoms. The molecule has 0 spiro atoms. The number of aliphatic hydroxyl groups is 1.